The molecule has 0 aromatic rings. The van der Waals surface area contributed by atoms with Crippen LogP contribution in [0, 0.1) is 6.42 Å². The smallest absolute Gasteiger partial charge is 0.338 e. The second-order valence-corrected chi connectivity index (χ2v) is 1.12. The Hall–Kier alpha value is -0.154. The summed E-state index contributed by atoms with van der Waals surface area (Å²) in [5.74, 6) is 0. The van der Waals surface area contributed by atoms with Crippen molar-refractivity contribution in [3.05, 3.63) is 6.42 Å². The molecule has 0 rings (SSSR count). The summed E-state index contributed by atoms with van der Waals surface area (Å²) in [4.78, 5) is 19.1. The van der Waals surface area contributed by atoms with Crippen molar-refractivity contribution < 1.29 is 29.4 Å². The van der Waals surface area contributed by atoms with Gasteiger partial charge < -0.3 is 16.0 Å². The molecule has 0 saturated heterocycles. The van der Waals surface area contributed by atoms with Crippen molar-refractivity contribution in [2.24, 2.45) is 0 Å². The van der Waals surface area contributed by atoms with Gasteiger partial charge in [-0.15, -0.1) is 0 Å². The average Bonchev–Trinajstić information content (AvgIpc) is 1.69. The fourth-order valence-electron chi connectivity index (χ4n) is 0.232. The van der Waals surface area contributed by atoms with E-state index in [4.69, 9.17) is 0 Å². The van der Waals surface area contributed by atoms with Crippen molar-refractivity contribution in [1.29, 1.82) is 0 Å². The van der Waals surface area contributed by atoms with Crippen LogP contribution in [0.4, 0.5) is 0 Å². The van der Waals surface area contributed by atoms with Crippen molar-refractivity contribution in [3.8, 4) is 0 Å². The molecule has 0 spiro atoms. The second-order valence-electron chi connectivity index (χ2n) is 1.12. The standard InChI is InChI=1S/C5H7O2.Os/c6-4-2-1-3-5-7;/h2,4-5H,1,3H2;/q-1;+1. The number of aldehydes is 2. The molecule has 0 bridgehead atoms. The van der Waals surface area contributed by atoms with E-state index in [1.807, 2.05) is 0 Å². The maximum absolute atomic E-state index is 9.54. The van der Waals surface area contributed by atoms with Crippen molar-refractivity contribution in [2.75, 3.05) is 0 Å². The van der Waals surface area contributed by atoms with Crippen LogP contribution in [0.25, 0.3) is 0 Å². The Labute approximate surface area is 61.7 Å². The Balaban J connectivity index is 0. The molecule has 0 aliphatic carbocycles. The van der Waals surface area contributed by atoms with Gasteiger partial charge in [-0.25, -0.2) is 0 Å². The number of carbonyl (C=O) groups excluding carboxylic acids is 2. The molecule has 2 nitrogen and oxygen atoms in total. The third kappa shape index (κ3) is 9.28. The largest absolute Gasteiger partial charge is 1.00 e. The number of carbonyl (C=O) groups is 2. The minimum absolute atomic E-state index is 0. The molecule has 0 aromatic heterocycles. The molecule has 0 saturated carbocycles. The first-order chi connectivity index (χ1) is 3.41. The van der Waals surface area contributed by atoms with E-state index in [9.17, 15) is 9.59 Å². The van der Waals surface area contributed by atoms with Gasteiger partial charge in [0.25, 0.3) is 0 Å². The quantitative estimate of drug-likeness (QED) is 0.426. The average molecular weight is 289 g/mol. The van der Waals surface area contributed by atoms with Gasteiger partial charge in [-0.3, -0.25) is 0 Å². The summed E-state index contributed by atoms with van der Waals surface area (Å²) in [6, 6.07) is 0. The van der Waals surface area contributed by atoms with Gasteiger partial charge in [-0.1, -0.05) is 0 Å². The van der Waals surface area contributed by atoms with Gasteiger partial charge in [0.15, 0.2) is 0 Å². The molecule has 0 aromatic carbocycles. The van der Waals surface area contributed by atoms with Crippen molar-refractivity contribution in [2.45, 2.75) is 12.8 Å². The zero-order valence-corrected chi connectivity index (χ0v) is 6.86. The fraction of sp³-hybridized carbons (Fsp3) is 0.400. The van der Waals surface area contributed by atoms with Crippen LogP contribution in [0.15, 0.2) is 0 Å². The molecule has 47 valence electrons. The van der Waals surface area contributed by atoms with Crippen LogP contribution < -0.4 is 0 Å². The minimum atomic E-state index is 0. The second kappa shape index (κ2) is 9.96. The first-order valence-electron chi connectivity index (χ1n) is 2.12. The summed E-state index contributed by atoms with van der Waals surface area (Å²) in [5.41, 5.74) is 0. The van der Waals surface area contributed by atoms with E-state index in [0.29, 0.717) is 19.1 Å². The predicted octanol–water partition coefficient (Wildman–Crippen LogP) is 0.366. The molecule has 8 heavy (non-hydrogen) atoms. The predicted molar refractivity (Wildman–Crippen MR) is 25.7 cm³/mol. The molecule has 0 unspecified atom stereocenters. The van der Waals surface area contributed by atoms with Gasteiger partial charge in [0, 0.05) is 0 Å². The third-order valence-electron chi connectivity index (χ3n) is 0.547. The van der Waals surface area contributed by atoms with E-state index in [0.717, 1.165) is 6.29 Å². The van der Waals surface area contributed by atoms with E-state index in [1.165, 1.54) is 6.42 Å². The summed E-state index contributed by atoms with van der Waals surface area (Å²) in [6.07, 6.45) is 3.95. The molecule has 0 aliphatic rings. The first-order valence-corrected chi connectivity index (χ1v) is 2.12. The maximum Gasteiger partial charge on any atom is 1.00 e. The molecule has 0 N–H and O–H groups in total. The van der Waals surface area contributed by atoms with Gasteiger partial charge >= 0.3 is 19.8 Å². The van der Waals surface area contributed by atoms with E-state index in [-0.39, 0.29) is 19.8 Å². The number of hydrogen-bond acceptors (Lipinski definition) is 2. The van der Waals surface area contributed by atoms with Crippen molar-refractivity contribution in [3.63, 3.8) is 0 Å². The Morgan fingerprint density at radius 3 is 2.38 bits per heavy atom. The van der Waals surface area contributed by atoms with Crippen LogP contribution in [0.2, 0.25) is 0 Å². The van der Waals surface area contributed by atoms with Gasteiger partial charge in [0.1, 0.15) is 6.29 Å². The summed E-state index contributed by atoms with van der Waals surface area (Å²) in [6.45, 7) is 0. The molecular formula is C5H7O2Os. The molecule has 1 radical (unpaired) electrons. The van der Waals surface area contributed by atoms with E-state index < -0.39 is 0 Å². The molecule has 3 heteroatoms. The molecule has 0 amide bonds. The van der Waals surface area contributed by atoms with Crippen LogP contribution in [0.5, 0.6) is 0 Å². The van der Waals surface area contributed by atoms with E-state index in [2.05, 4.69) is 0 Å². The normalized spacial score (nSPS) is 6.50. The Bertz CT molecular complexity index is 55.4. The van der Waals surface area contributed by atoms with Crippen LogP contribution in [0.1, 0.15) is 12.8 Å². The molecule has 0 atom stereocenters. The maximum atomic E-state index is 9.54. The van der Waals surface area contributed by atoms with Gasteiger partial charge in [0.05, 0.1) is 0 Å². The van der Waals surface area contributed by atoms with Gasteiger partial charge in [0.2, 0.25) is 0 Å². The summed E-state index contributed by atoms with van der Waals surface area (Å²) in [5, 5.41) is 0. The number of hydrogen-bond donors (Lipinski definition) is 0. The molecule has 0 heterocycles. The monoisotopic (exact) mass is 291 g/mol. The minimum Gasteiger partial charge on any atom is -0.338 e. The van der Waals surface area contributed by atoms with E-state index in [1.54, 1.807) is 0 Å². The van der Waals surface area contributed by atoms with Gasteiger partial charge in [-0.2, -0.15) is 6.42 Å². The molecule has 0 aliphatic heterocycles. The summed E-state index contributed by atoms with van der Waals surface area (Å²) in [7, 11) is 0. The summed E-state index contributed by atoms with van der Waals surface area (Å²) < 4.78 is 0. The third-order valence-corrected chi connectivity index (χ3v) is 0.547. The topological polar surface area (TPSA) is 34.1 Å². The van der Waals surface area contributed by atoms with E-state index >= 15 is 0 Å². The van der Waals surface area contributed by atoms with Gasteiger partial charge in [-0.05, 0) is 12.7 Å². The van der Waals surface area contributed by atoms with Crippen LogP contribution >= 0.6 is 0 Å². The van der Waals surface area contributed by atoms with Crippen molar-refractivity contribution >= 4 is 12.6 Å². The summed E-state index contributed by atoms with van der Waals surface area (Å²) >= 11 is 0. The van der Waals surface area contributed by atoms with Crippen molar-refractivity contribution in [1.82, 2.24) is 0 Å². The Morgan fingerprint density at radius 2 is 2.00 bits per heavy atom. The first kappa shape index (κ1) is 10.8. The Morgan fingerprint density at radius 1 is 1.38 bits per heavy atom. The SMILES string of the molecule is O=C[CH-]CCC=O.[Os+]. The zero-order chi connectivity index (χ0) is 5.54. The fourth-order valence-corrected chi connectivity index (χ4v) is 0.232. The molecular weight excluding hydrogens is 282 g/mol. The van der Waals surface area contributed by atoms with Crippen LogP contribution in [-0.4, -0.2) is 12.6 Å². The van der Waals surface area contributed by atoms with Crippen LogP contribution in [0.3, 0.4) is 0 Å². The Kier molecular flexibility index (Phi) is 13.4. The number of unbranched alkanes of at least 4 members (excludes halogenated alkanes) is 2. The molecule has 0 fully saturated rings. The van der Waals surface area contributed by atoms with Crippen LogP contribution in [-0.2, 0) is 29.4 Å². The number of rotatable bonds is 4. The zero-order valence-electron chi connectivity index (χ0n) is 4.32.